The van der Waals surface area contributed by atoms with Gasteiger partial charge in [-0.15, -0.1) is 0 Å². The largest absolute Gasteiger partial charge is 0.497 e. The fourth-order valence-corrected chi connectivity index (χ4v) is 3.75. The lowest BCUT2D eigenvalue weighted by Gasteiger charge is -2.39. The number of carbonyl (C=O) groups excluding carboxylic acids is 1. The summed E-state index contributed by atoms with van der Waals surface area (Å²) in [6.07, 6.45) is 5.39. The van der Waals surface area contributed by atoms with Crippen LogP contribution >= 0.6 is 0 Å². The molecule has 6 nitrogen and oxygen atoms in total. The molecule has 0 bridgehead atoms. The number of rotatable bonds is 3. The Bertz CT molecular complexity index is 752. The van der Waals surface area contributed by atoms with Crippen molar-refractivity contribution >= 4 is 5.91 Å². The summed E-state index contributed by atoms with van der Waals surface area (Å²) < 4.78 is 12.9. The molecule has 25 heavy (non-hydrogen) atoms. The highest BCUT2D eigenvalue weighted by atomic mass is 16.5. The number of ether oxygens (including phenoxy) is 2. The van der Waals surface area contributed by atoms with E-state index >= 15 is 0 Å². The first kappa shape index (κ1) is 16.1. The van der Waals surface area contributed by atoms with E-state index in [9.17, 15) is 4.79 Å². The quantitative estimate of drug-likeness (QED) is 0.860. The second kappa shape index (κ2) is 6.88. The molecule has 4 rings (SSSR count). The number of aromatic nitrogens is 2. The zero-order valence-electron chi connectivity index (χ0n) is 14.4. The number of fused-ring (bicyclic) bond motifs is 1. The molecule has 1 amide bonds. The molecule has 2 aliphatic heterocycles. The zero-order chi connectivity index (χ0) is 17.2. The highest BCUT2D eigenvalue weighted by molar-refractivity contribution is 5.79. The highest BCUT2D eigenvalue weighted by Crippen LogP contribution is 2.33. The summed E-state index contributed by atoms with van der Waals surface area (Å²) in [6.45, 7) is 2.61. The molecule has 1 aromatic carbocycles. The van der Waals surface area contributed by atoms with Gasteiger partial charge in [-0.2, -0.15) is 0 Å². The van der Waals surface area contributed by atoms with Crippen molar-refractivity contribution in [2.24, 2.45) is 5.92 Å². The smallest absolute Gasteiger partial charge is 0.226 e. The first-order chi connectivity index (χ1) is 12.3. The number of nitrogens with zero attached hydrogens (tertiary/aromatic N) is 3. The summed E-state index contributed by atoms with van der Waals surface area (Å²) in [5.41, 5.74) is 1.10. The van der Waals surface area contributed by atoms with Gasteiger partial charge in [-0.25, -0.2) is 4.98 Å². The zero-order valence-corrected chi connectivity index (χ0v) is 14.4. The van der Waals surface area contributed by atoms with Crippen LogP contribution in [0.1, 0.15) is 30.3 Å². The van der Waals surface area contributed by atoms with Crippen LogP contribution in [0.2, 0.25) is 0 Å². The van der Waals surface area contributed by atoms with Gasteiger partial charge < -0.3 is 18.9 Å². The Balaban J connectivity index is 1.66. The van der Waals surface area contributed by atoms with Crippen molar-refractivity contribution in [1.29, 1.82) is 0 Å². The Morgan fingerprint density at radius 2 is 2.16 bits per heavy atom. The summed E-state index contributed by atoms with van der Waals surface area (Å²) in [7, 11) is 1.67. The first-order valence-corrected chi connectivity index (χ1v) is 8.78. The average molecular weight is 341 g/mol. The number of carbonyl (C=O) groups is 1. The van der Waals surface area contributed by atoms with Gasteiger partial charge in [0.15, 0.2) is 0 Å². The lowest BCUT2D eigenvalue weighted by Crippen LogP contribution is -2.45. The summed E-state index contributed by atoms with van der Waals surface area (Å²) in [6, 6.07) is 8.00. The summed E-state index contributed by atoms with van der Waals surface area (Å²) in [4.78, 5) is 19.6. The van der Waals surface area contributed by atoms with E-state index in [0.29, 0.717) is 19.8 Å². The molecule has 0 radical (unpaired) electrons. The molecular weight excluding hydrogens is 318 g/mol. The second-order valence-corrected chi connectivity index (χ2v) is 6.64. The van der Waals surface area contributed by atoms with Crippen LogP contribution in [0, 0.1) is 5.92 Å². The van der Waals surface area contributed by atoms with E-state index in [-0.39, 0.29) is 17.9 Å². The van der Waals surface area contributed by atoms with E-state index in [2.05, 4.69) is 15.6 Å². The third-order valence-corrected chi connectivity index (χ3v) is 5.19. The number of methoxy groups -OCH3 is 1. The maximum absolute atomic E-state index is 13.2. The molecule has 3 heterocycles. The van der Waals surface area contributed by atoms with Crippen LogP contribution < -0.4 is 4.74 Å². The lowest BCUT2D eigenvalue weighted by molar-refractivity contribution is -0.143. The van der Waals surface area contributed by atoms with Crippen molar-refractivity contribution in [3.05, 3.63) is 48.0 Å². The summed E-state index contributed by atoms with van der Waals surface area (Å²) in [5.74, 6) is 2.01. The van der Waals surface area contributed by atoms with E-state index in [1.807, 2.05) is 29.3 Å². The second-order valence-electron chi connectivity index (χ2n) is 6.64. The molecule has 6 heteroatoms. The Kier molecular flexibility index (Phi) is 4.44. The molecule has 1 saturated heterocycles. The van der Waals surface area contributed by atoms with Gasteiger partial charge in [0.2, 0.25) is 5.91 Å². The molecule has 1 unspecified atom stereocenters. The van der Waals surface area contributed by atoms with Crippen molar-refractivity contribution in [3.63, 3.8) is 0 Å². The van der Waals surface area contributed by atoms with Crippen LogP contribution in [0.15, 0.2) is 36.7 Å². The molecular formula is C19H23N3O3. The Labute approximate surface area is 147 Å². The van der Waals surface area contributed by atoms with Gasteiger partial charge in [0.25, 0.3) is 0 Å². The molecule has 1 aromatic heterocycles. The van der Waals surface area contributed by atoms with Crippen LogP contribution in [-0.4, -0.2) is 40.7 Å². The maximum Gasteiger partial charge on any atom is 0.226 e. The van der Waals surface area contributed by atoms with Crippen LogP contribution in [-0.2, 0) is 22.6 Å². The van der Waals surface area contributed by atoms with Crippen molar-refractivity contribution in [2.45, 2.75) is 32.0 Å². The number of imidazole rings is 1. The van der Waals surface area contributed by atoms with Crippen LogP contribution in [0.5, 0.6) is 5.75 Å². The molecule has 2 aromatic rings. The minimum Gasteiger partial charge on any atom is -0.497 e. The van der Waals surface area contributed by atoms with Crippen molar-refractivity contribution in [1.82, 2.24) is 14.5 Å². The van der Waals surface area contributed by atoms with Crippen LogP contribution in [0.4, 0.5) is 0 Å². The predicted octanol–water partition coefficient (Wildman–Crippen LogP) is 2.40. The third kappa shape index (κ3) is 3.14. The van der Waals surface area contributed by atoms with E-state index in [4.69, 9.17) is 9.47 Å². The lowest BCUT2D eigenvalue weighted by atomic mass is 9.95. The van der Waals surface area contributed by atoms with E-state index in [1.165, 1.54) is 0 Å². The molecule has 1 fully saturated rings. The molecule has 2 aliphatic rings. The third-order valence-electron chi connectivity index (χ3n) is 5.19. The van der Waals surface area contributed by atoms with Gasteiger partial charge in [0, 0.05) is 38.1 Å². The first-order valence-electron chi connectivity index (χ1n) is 8.78. The highest BCUT2D eigenvalue weighted by Gasteiger charge is 2.35. The maximum atomic E-state index is 13.2. The van der Waals surface area contributed by atoms with Crippen molar-refractivity contribution in [3.8, 4) is 5.75 Å². The molecule has 132 valence electrons. The van der Waals surface area contributed by atoms with Gasteiger partial charge in [0.1, 0.15) is 11.6 Å². The number of hydrogen-bond donors (Lipinski definition) is 0. The SMILES string of the molecule is COc1cccc(C2Cn3ccnc3CN2C(=O)C2CCOCC2)c1. The Morgan fingerprint density at radius 1 is 1.32 bits per heavy atom. The number of benzene rings is 1. The standard InChI is InChI=1S/C19H23N3O3/c1-24-16-4-2-3-15(11-16)17-12-21-8-7-20-18(21)13-22(17)19(23)14-5-9-25-10-6-14/h2-4,7-8,11,14,17H,5-6,9-10,12-13H2,1H3. The normalized spacial score (nSPS) is 21.0. The van der Waals surface area contributed by atoms with Crippen molar-refractivity contribution in [2.75, 3.05) is 20.3 Å². The molecule has 1 atom stereocenters. The summed E-state index contributed by atoms with van der Waals surface area (Å²) >= 11 is 0. The Hall–Kier alpha value is -2.34. The van der Waals surface area contributed by atoms with E-state index < -0.39 is 0 Å². The van der Waals surface area contributed by atoms with E-state index in [1.54, 1.807) is 13.3 Å². The van der Waals surface area contributed by atoms with Crippen LogP contribution in [0.3, 0.4) is 0 Å². The predicted molar refractivity (Wildman–Crippen MR) is 92.1 cm³/mol. The van der Waals surface area contributed by atoms with Gasteiger partial charge in [-0.3, -0.25) is 4.79 Å². The minimum atomic E-state index is -0.00727. The Morgan fingerprint density at radius 3 is 2.96 bits per heavy atom. The van der Waals surface area contributed by atoms with Crippen molar-refractivity contribution < 1.29 is 14.3 Å². The van der Waals surface area contributed by atoms with Gasteiger partial charge in [-0.1, -0.05) is 12.1 Å². The number of amides is 1. The molecule has 0 N–H and O–H groups in total. The van der Waals surface area contributed by atoms with Crippen LogP contribution in [0.25, 0.3) is 0 Å². The van der Waals surface area contributed by atoms with Gasteiger partial charge >= 0.3 is 0 Å². The van der Waals surface area contributed by atoms with E-state index in [0.717, 1.165) is 36.5 Å². The molecule has 0 spiro atoms. The monoisotopic (exact) mass is 341 g/mol. The van der Waals surface area contributed by atoms with Gasteiger partial charge in [0.05, 0.1) is 19.7 Å². The molecule has 0 saturated carbocycles. The summed E-state index contributed by atoms with van der Waals surface area (Å²) in [5, 5.41) is 0. The average Bonchev–Trinajstić information content (AvgIpc) is 3.14. The topological polar surface area (TPSA) is 56.6 Å². The minimum absolute atomic E-state index is 0.00727. The number of hydrogen-bond acceptors (Lipinski definition) is 4. The fourth-order valence-electron chi connectivity index (χ4n) is 3.75. The fraction of sp³-hybridized carbons (Fsp3) is 0.474. The molecule has 0 aliphatic carbocycles. The van der Waals surface area contributed by atoms with Gasteiger partial charge in [-0.05, 0) is 30.5 Å².